The number of para-hydroxylation sites is 1. The van der Waals surface area contributed by atoms with Crippen LogP contribution in [0.2, 0.25) is 5.02 Å². The second-order valence-corrected chi connectivity index (χ2v) is 5.60. The van der Waals surface area contributed by atoms with Gasteiger partial charge in [-0.1, -0.05) is 36.7 Å². The molecule has 2 N–H and O–H groups in total. The summed E-state index contributed by atoms with van der Waals surface area (Å²) < 4.78 is 0. The number of nitrogens with one attached hydrogen (secondary N) is 2. The first-order valence-electron chi connectivity index (χ1n) is 7.52. The molecule has 8 heteroatoms. The van der Waals surface area contributed by atoms with E-state index in [-0.39, 0.29) is 22.8 Å². The van der Waals surface area contributed by atoms with E-state index in [2.05, 4.69) is 10.6 Å². The maximum absolute atomic E-state index is 12.1. The van der Waals surface area contributed by atoms with Crippen molar-refractivity contribution in [3.8, 4) is 0 Å². The standard InChI is InChI=1S/C17H16ClN3O4/c1-2-11-5-3-4-6-14(11)20-16(22)10-19-17(23)13-9-12(18)7-8-15(13)21(24)25/h3-9H,2,10H2,1H3,(H,19,23)(H,20,22). The number of amides is 2. The SMILES string of the molecule is CCc1ccccc1NC(=O)CNC(=O)c1cc(Cl)ccc1[N+](=O)[O-]. The van der Waals surface area contributed by atoms with E-state index in [4.69, 9.17) is 11.6 Å². The van der Waals surface area contributed by atoms with Crippen LogP contribution in [0.25, 0.3) is 0 Å². The Morgan fingerprint density at radius 3 is 2.60 bits per heavy atom. The van der Waals surface area contributed by atoms with Gasteiger partial charge in [0.15, 0.2) is 0 Å². The molecule has 0 aliphatic rings. The maximum Gasteiger partial charge on any atom is 0.282 e. The monoisotopic (exact) mass is 361 g/mol. The van der Waals surface area contributed by atoms with Crippen molar-refractivity contribution in [1.29, 1.82) is 0 Å². The van der Waals surface area contributed by atoms with E-state index in [1.807, 2.05) is 19.1 Å². The topological polar surface area (TPSA) is 101 Å². The molecule has 0 bridgehead atoms. The second kappa shape index (κ2) is 8.25. The lowest BCUT2D eigenvalue weighted by atomic mass is 10.1. The van der Waals surface area contributed by atoms with Gasteiger partial charge in [0, 0.05) is 16.8 Å². The molecule has 0 saturated carbocycles. The highest BCUT2D eigenvalue weighted by atomic mass is 35.5. The van der Waals surface area contributed by atoms with Crippen LogP contribution in [-0.4, -0.2) is 23.3 Å². The molecule has 0 aliphatic heterocycles. The summed E-state index contributed by atoms with van der Waals surface area (Å²) in [5, 5.41) is 16.3. The lowest BCUT2D eigenvalue weighted by molar-refractivity contribution is -0.385. The van der Waals surface area contributed by atoms with E-state index in [1.165, 1.54) is 12.1 Å². The molecule has 0 fully saturated rings. The van der Waals surface area contributed by atoms with Gasteiger partial charge in [0.05, 0.1) is 11.5 Å². The van der Waals surface area contributed by atoms with Crippen molar-refractivity contribution in [2.45, 2.75) is 13.3 Å². The fourth-order valence-corrected chi connectivity index (χ4v) is 2.42. The molecule has 25 heavy (non-hydrogen) atoms. The molecular weight excluding hydrogens is 346 g/mol. The van der Waals surface area contributed by atoms with Crippen molar-refractivity contribution in [3.63, 3.8) is 0 Å². The molecule has 2 amide bonds. The Labute approximate surface area is 149 Å². The summed E-state index contributed by atoms with van der Waals surface area (Å²) in [5.74, 6) is -1.17. The zero-order chi connectivity index (χ0) is 18.4. The Kier molecular flexibility index (Phi) is 6.08. The summed E-state index contributed by atoms with van der Waals surface area (Å²) >= 11 is 5.79. The summed E-state index contributed by atoms with van der Waals surface area (Å²) in [6.45, 7) is 1.64. The number of hydrogen-bond donors (Lipinski definition) is 2. The highest BCUT2D eigenvalue weighted by molar-refractivity contribution is 6.31. The van der Waals surface area contributed by atoms with Crippen molar-refractivity contribution in [2.24, 2.45) is 0 Å². The predicted molar refractivity (Wildman–Crippen MR) is 94.9 cm³/mol. The van der Waals surface area contributed by atoms with Gasteiger partial charge in [0.2, 0.25) is 5.91 Å². The van der Waals surface area contributed by atoms with Crippen LogP contribution < -0.4 is 10.6 Å². The number of benzene rings is 2. The van der Waals surface area contributed by atoms with Crippen LogP contribution in [-0.2, 0) is 11.2 Å². The molecule has 2 rings (SSSR count). The van der Waals surface area contributed by atoms with Gasteiger partial charge in [0.25, 0.3) is 11.6 Å². The minimum absolute atomic E-state index is 0.192. The van der Waals surface area contributed by atoms with Gasteiger partial charge in [-0.2, -0.15) is 0 Å². The quantitative estimate of drug-likeness (QED) is 0.609. The highest BCUT2D eigenvalue weighted by Crippen LogP contribution is 2.22. The van der Waals surface area contributed by atoms with Crippen LogP contribution in [0.3, 0.4) is 0 Å². The molecule has 0 heterocycles. The molecule has 7 nitrogen and oxygen atoms in total. The Morgan fingerprint density at radius 1 is 1.20 bits per heavy atom. The number of nitro groups is 1. The summed E-state index contributed by atoms with van der Waals surface area (Å²) in [4.78, 5) is 34.5. The van der Waals surface area contributed by atoms with E-state index in [9.17, 15) is 19.7 Å². The van der Waals surface area contributed by atoms with E-state index in [0.29, 0.717) is 5.69 Å². The summed E-state index contributed by atoms with van der Waals surface area (Å²) in [5.41, 5.74) is 1.06. The summed E-state index contributed by atoms with van der Waals surface area (Å²) in [7, 11) is 0. The first-order valence-corrected chi connectivity index (χ1v) is 7.90. The number of halogens is 1. The van der Waals surface area contributed by atoms with Gasteiger partial charge in [0.1, 0.15) is 5.56 Å². The molecule has 2 aromatic rings. The van der Waals surface area contributed by atoms with Crippen LogP contribution in [0.5, 0.6) is 0 Å². The molecule has 0 atom stereocenters. The number of anilines is 1. The minimum Gasteiger partial charge on any atom is -0.343 e. The molecule has 130 valence electrons. The molecule has 0 radical (unpaired) electrons. The van der Waals surface area contributed by atoms with Crippen molar-refractivity contribution in [3.05, 3.63) is 68.7 Å². The molecule has 0 spiro atoms. The molecule has 0 aliphatic carbocycles. The molecular formula is C17H16ClN3O4. The van der Waals surface area contributed by atoms with E-state index >= 15 is 0 Å². The van der Waals surface area contributed by atoms with Crippen LogP contribution >= 0.6 is 11.6 Å². The third-order valence-electron chi connectivity index (χ3n) is 3.48. The third-order valence-corrected chi connectivity index (χ3v) is 3.72. The van der Waals surface area contributed by atoms with Crippen LogP contribution in [0, 0.1) is 10.1 Å². The summed E-state index contributed by atoms with van der Waals surface area (Å²) in [6, 6.07) is 11.0. The van der Waals surface area contributed by atoms with Crippen molar-refractivity contribution in [1.82, 2.24) is 5.32 Å². The maximum atomic E-state index is 12.1. The van der Waals surface area contributed by atoms with Gasteiger partial charge in [-0.05, 0) is 30.2 Å². The normalized spacial score (nSPS) is 10.2. The number of carbonyl (C=O) groups excluding carboxylic acids is 2. The van der Waals surface area contributed by atoms with Crippen molar-refractivity contribution >= 4 is 34.8 Å². The highest BCUT2D eigenvalue weighted by Gasteiger charge is 2.21. The average molecular weight is 362 g/mol. The third kappa shape index (κ3) is 4.77. The average Bonchev–Trinajstić information content (AvgIpc) is 2.59. The Morgan fingerprint density at radius 2 is 1.92 bits per heavy atom. The number of carbonyl (C=O) groups is 2. The smallest absolute Gasteiger partial charge is 0.282 e. The first kappa shape index (κ1) is 18.4. The van der Waals surface area contributed by atoms with E-state index < -0.39 is 16.7 Å². The zero-order valence-corrected chi connectivity index (χ0v) is 14.2. The fraction of sp³-hybridized carbons (Fsp3) is 0.176. The molecule has 0 unspecified atom stereocenters. The number of nitrogens with zero attached hydrogens (tertiary/aromatic N) is 1. The van der Waals surface area contributed by atoms with Crippen LogP contribution in [0.4, 0.5) is 11.4 Å². The second-order valence-electron chi connectivity index (χ2n) is 5.16. The van der Waals surface area contributed by atoms with Crippen molar-refractivity contribution < 1.29 is 14.5 Å². The van der Waals surface area contributed by atoms with E-state index in [1.54, 1.807) is 12.1 Å². The van der Waals surface area contributed by atoms with Crippen LogP contribution in [0.1, 0.15) is 22.8 Å². The zero-order valence-electron chi connectivity index (χ0n) is 13.4. The Balaban J connectivity index is 2.04. The van der Waals surface area contributed by atoms with Gasteiger partial charge >= 0.3 is 0 Å². The van der Waals surface area contributed by atoms with Gasteiger partial charge in [-0.25, -0.2) is 0 Å². The lowest BCUT2D eigenvalue weighted by Gasteiger charge is -2.10. The van der Waals surface area contributed by atoms with Crippen molar-refractivity contribution in [2.75, 3.05) is 11.9 Å². The Bertz CT molecular complexity index is 823. The Hall–Kier alpha value is -2.93. The van der Waals surface area contributed by atoms with Gasteiger partial charge in [-0.15, -0.1) is 0 Å². The fourth-order valence-electron chi connectivity index (χ4n) is 2.25. The minimum atomic E-state index is -0.742. The number of aryl methyl sites for hydroxylation is 1. The lowest BCUT2D eigenvalue weighted by Crippen LogP contribution is -2.33. The van der Waals surface area contributed by atoms with Gasteiger partial charge < -0.3 is 10.6 Å². The predicted octanol–water partition coefficient (Wildman–Crippen LogP) is 3.18. The number of rotatable bonds is 6. The van der Waals surface area contributed by atoms with E-state index in [0.717, 1.165) is 18.1 Å². The largest absolute Gasteiger partial charge is 0.343 e. The van der Waals surface area contributed by atoms with Crippen LogP contribution in [0.15, 0.2) is 42.5 Å². The molecule has 0 aromatic heterocycles. The summed E-state index contributed by atoms with van der Waals surface area (Å²) in [6.07, 6.45) is 0.748. The first-order chi connectivity index (χ1) is 11.9. The number of hydrogen-bond acceptors (Lipinski definition) is 4. The van der Waals surface area contributed by atoms with Gasteiger partial charge in [-0.3, -0.25) is 19.7 Å². The number of nitro benzene ring substituents is 1. The molecule has 0 saturated heterocycles. The molecule has 2 aromatic carbocycles.